The van der Waals surface area contributed by atoms with Crippen molar-refractivity contribution in [1.82, 2.24) is 0 Å². The van der Waals surface area contributed by atoms with Crippen LogP contribution in [-0.4, -0.2) is 0 Å². The number of rotatable bonds is 5. The van der Waals surface area contributed by atoms with Crippen molar-refractivity contribution in [2.75, 3.05) is 4.90 Å². The molecule has 8 aromatic carbocycles. The summed E-state index contributed by atoms with van der Waals surface area (Å²) in [7, 11) is 0. The highest BCUT2D eigenvalue weighted by Gasteiger charge is 2.37. The molecule has 1 aromatic heterocycles. The first kappa shape index (κ1) is 29.5. The highest BCUT2D eigenvalue weighted by molar-refractivity contribution is 6.06. The van der Waals surface area contributed by atoms with Crippen LogP contribution in [-0.2, 0) is 5.41 Å². The Kier molecular flexibility index (Phi) is 6.56. The fourth-order valence-corrected chi connectivity index (χ4v) is 8.36. The Labute approximate surface area is 297 Å². The van der Waals surface area contributed by atoms with Crippen LogP contribution in [0.3, 0.4) is 0 Å². The lowest BCUT2D eigenvalue weighted by Gasteiger charge is -2.27. The maximum atomic E-state index is 6.42. The molecule has 10 rings (SSSR count). The minimum Gasteiger partial charge on any atom is -0.456 e. The molecule has 51 heavy (non-hydrogen) atoms. The molecule has 1 aliphatic rings. The van der Waals surface area contributed by atoms with Gasteiger partial charge in [-0.25, -0.2) is 0 Å². The van der Waals surface area contributed by atoms with E-state index in [1.54, 1.807) is 0 Å². The zero-order valence-electron chi connectivity index (χ0n) is 28.6. The molecule has 1 aliphatic carbocycles. The summed E-state index contributed by atoms with van der Waals surface area (Å²) in [5.41, 5.74) is 15.2. The Hall–Kier alpha value is -6.38. The van der Waals surface area contributed by atoms with Gasteiger partial charge < -0.3 is 9.32 Å². The quantitative estimate of drug-likeness (QED) is 0.184. The molecular weight excluding hydrogens is 619 g/mol. The fraction of sp³-hybridized carbons (Fsp3) is 0.0612. The second kappa shape index (κ2) is 11.3. The van der Waals surface area contributed by atoms with E-state index >= 15 is 0 Å². The van der Waals surface area contributed by atoms with E-state index in [1.807, 2.05) is 12.1 Å². The predicted octanol–water partition coefficient (Wildman–Crippen LogP) is 13.8. The molecule has 0 aliphatic heterocycles. The SMILES string of the molecule is CC1(C)c2ccc(N(c3ccc(-c4cccc5ccccc45)cc3)c3ccc4c(c3)oc3ccccc34)cc2-c2c(-c3ccccc3)cccc21. The van der Waals surface area contributed by atoms with Gasteiger partial charge in [0.15, 0.2) is 0 Å². The summed E-state index contributed by atoms with van der Waals surface area (Å²) in [5.74, 6) is 0. The first-order valence-electron chi connectivity index (χ1n) is 17.7. The molecule has 0 amide bonds. The van der Waals surface area contributed by atoms with E-state index in [9.17, 15) is 0 Å². The van der Waals surface area contributed by atoms with E-state index in [2.05, 4.69) is 183 Å². The number of hydrogen-bond acceptors (Lipinski definition) is 2. The molecule has 0 radical (unpaired) electrons. The van der Waals surface area contributed by atoms with E-state index in [-0.39, 0.29) is 5.41 Å². The van der Waals surface area contributed by atoms with Crippen LogP contribution in [0.25, 0.3) is 66.1 Å². The molecule has 0 saturated carbocycles. The average Bonchev–Trinajstić information content (AvgIpc) is 3.66. The molecule has 2 heteroatoms. The zero-order valence-corrected chi connectivity index (χ0v) is 28.6. The van der Waals surface area contributed by atoms with Crippen molar-refractivity contribution in [3.05, 3.63) is 187 Å². The minimum atomic E-state index is -0.119. The van der Waals surface area contributed by atoms with Gasteiger partial charge in [0.1, 0.15) is 11.2 Å². The molecule has 0 spiro atoms. The molecule has 9 aromatic rings. The average molecular weight is 654 g/mol. The third-order valence-corrected chi connectivity index (χ3v) is 10.9. The van der Waals surface area contributed by atoms with Crippen molar-refractivity contribution in [3.8, 4) is 33.4 Å². The van der Waals surface area contributed by atoms with Crippen molar-refractivity contribution in [2.24, 2.45) is 0 Å². The summed E-state index contributed by atoms with van der Waals surface area (Å²) in [6.45, 7) is 4.71. The Bertz CT molecular complexity index is 2770. The van der Waals surface area contributed by atoms with Crippen LogP contribution < -0.4 is 4.90 Å². The first-order valence-corrected chi connectivity index (χ1v) is 17.7. The van der Waals surface area contributed by atoms with E-state index in [1.165, 1.54) is 55.3 Å². The van der Waals surface area contributed by atoms with Crippen LogP contribution in [0.4, 0.5) is 17.1 Å². The molecular formula is C49H35NO. The number of anilines is 3. The summed E-state index contributed by atoms with van der Waals surface area (Å²) in [5, 5.41) is 4.76. The molecule has 1 heterocycles. The van der Waals surface area contributed by atoms with Crippen molar-refractivity contribution in [3.63, 3.8) is 0 Å². The lowest BCUT2D eigenvalue weighted by Crippen LogP contribution is -2.15. The number of fused-ring (bicyclic) bond motifs is 7. The molecule has 0 N–H and O–H groups in total. The highest BCUT2D eigenvalue weighted by Crippen LogP contribution is 2.54. The van der Waals surface area contributed by atoms with Crippen LogP contribution in [0.15, 0.2) is 180 Å². The number of furan rings is 1. The zero-order chi connectivity index (χ0) is 34.1. The van der Waals surface area contributed by atoms with Gasteiger partial charge in [-0.05, 0) is 97.7 Å². The molecule has 0 bridgehead atoms. The molecule has 0 fully saturated rings. The summed E-state index contributed by atoms with van der Waals surface area (Å²) < 4.78 is 6.42. The van der Waals surface area contributed by atoms with Gasteiger partial charge in [-0.3, -0.25) is 0 Å². The minimum absolute atomic E-state index is 0.119. The lowest BCUT2D eigenvalue weighted by molar-refractivity contribution is 0.660. The predicted molar refractivity (Wildman–Crippen MR) is 214 cm³/mol. The number of hydrogen-bond donors (Lipinski definition) is 0. The molecule has 2 nitrogen and oxygen atoms in total. The monoisotopic (exact) mass is 653 g/mol. The Morgan fingerprint density at radius 1 is 0.412 bits per heavy atom. The fourth-order valence-electron chi connectivity index (χ4n) is 8.36. The smallest absolute Gasteiger partial charge is 0.137 e. The van der Waals surface area contributed by atoms with Gasteiger partial charge in [0, 0.05) is 39.3 Å². The van der Waals surface area contributed by atoms with Crippen molar-refractivity contribution in [1.29, 1.82) is 0 Å². The third-order valence-electron chi connectivity index (χ3n) is 10.9. The summed E-state index contributed by atoms with van der Waals surface area (Å²) >= 11 is 0. The Morgan fingerprint density at radius 2 is 1.04 bits per heavy atom. The highest BCUT2D eigenvalue weighted by atomic mass is 16.3. The van der Waals surface area contributed by atoms with E-state index in [0.29, 0.717) is 0 Å². The van der Waals surface area contributed by atoms with Crippen molar-refractivity contribution >= 4 is 49.8 Å². The summed E-state index contributed by atoms with van der Waals surface area (Å²) in [4.78, 5) is 2.37. The lowest BCUT2D eigenvalue weighted by atomic mass is 9.82. The van der Waals surface area contributed by atoms with Gasteiger partial charge in [0.2, 0.25) is 0 Å². The standard InChI is InChI=1S/C49H35NO/c1-49(2)44-29-27-36(30-43(44)48-40(19-11-20-45(48)49)33-12-4-3-5-13-33)50(37-26-28-42-41-17-8-9-21-46(41)51-47(42)31-37)35-24-22-34(23-25-35)39-18-10-15-32-14-6-7-16-38(32)39/h3-31H,1-2H3. The van der Waals surface area contributed by atoms with E-state index in [4.69, 9.17) is 4.42 Å². The Morgan fingerprint density at radius 3 is 1.90 bits per heavy atom. The molecule has 0 saturated heterocycles. The largest absolute Gasteiger partial charge is 0.456 e. The third kappa shape index (κ3) is 4.64. The van der Waals surface area contributed by atoms with Crippen LogP contribution in [0.2, 0.25) is 0 Å². The number of benzene rings is 8. The second-order valence-corrected chi connectivity index (χ2v) is 14.1. The van der Waals surface area contributed by atoms with Gasteiger partial charge in [-0.15, -0.1) is 0 Å². The van der Waals surface area contributed by atoms with Crippen molar-refractivity contribution < 1.29 is 4.42 Å². The van der Waals surface area contributed by atoms with Crippen molar-refractivity contribution in [2.45, 2.75) is 19.3 Å². The van der Waals surface area contributed by atoms with Gasteiger partial charge in [0.25, 0.3) is 0 Å². The molecule has 0 unspecified atom stereocenters. The van der Waals surface area contributed by atoms with Gasteiger partial charge >= 0.3 is 0 Å². The van der Waals surface area contributed by atoms with Crippen LogP contribution >= 0.6 is 0 Å². The van der Waals surface area contributed by atoms with Gasteiger partial charge in [-0.2, -0.15) is 0 Å². The van der Waals surface area contributed by atoms with Crippen LogP contribution in [0, 0.1) is 0 Å². The molecule has 0 atom stereocenters. The molecule has 242 valence electrons. The van der Waals surface area contributed by atoms with Crippen LogP contribution in [0.5, 0.6) is 0 Å². The van der Waals surface area contributed by atoms with Gasteiger partial charge in [0.05, 0.1) is 0 Å². The number of nitrogens with zero attached hydrogens (tertiary/aromatic N) is 1. The van der Waals surface area contributed by atoms with E-state index < -0.39 is 0 Å². The normalized spacial score (nSPS) is 13.1. The number of para-hydroxylation sites is 1. The second-order valence-electron chi connectivity index (χ2n) is 14.1. The Balaban J connectivity index is 1.16. The maximum Gasteiger partial charge on any atom is 0.137 e. The maximum absolute atomic E-state index is 6.42. The summed E-state index contributed by atoms with van der Waals surface area (Å²) in [6.07, 6.45) is 0. The van der Waals surface area contributed by atoms with E-state index in [0.717, 1.165) is 39.0 Å². The first-order chi connectivity index (χ1) is 25.0. The summed E-state index contributed by atoms with van der Waals surface area (Å²) in [6, 6.07) is 63.7. The topological polar surface area (TPSA) is 16.4 Å². The van der Waals surface area contributed by atoms with Crippen LogP contribution in [0.1, 0.15) is 25.0 Å². The van der Waals surface area contributed by atoms with Gasteiger partial charge in [-0.1, -0.05) is 141 Å².